The number of hydrogen-bond acceptors (Lipinski definition) is 4. The van der Waals surface area contributed by atoms with Gasteiger partial charge in [0.1, 0.15) is 5.75 Å². The monoisotopic (exact) mass is 367 g/mol. The molecule has 0 spiro atoms. The van der Waals surface area contributed by atoms with Crippen LogP contribution in [-0.4, -0.2) is 28.3 Å². The van der Waals surface area contributed by atoms with Gasteiger partial charge in [-0.1, -0.05) is 47.7 Å². The molecule has 0 aliphatic heterocycles. The maximum Gasteiger partial charge on any atom is 0.234 e. The Hall–Kier alpha value is -2.73. The van der Waals surface area contributed by atoms with Gasteiger partial charge < -0.3 is 14.6 Å². The van der Waals surface area contributed by atoms with Gasteiger partial charge in [-0.05, 0) is 24.6 Å². The van der Waals surface area contributed by atoms with Crippen LogP contribution in [0.2, 0.25) is 0 Å². The summed E-state index contributed by atoms with van der Waals surface area (Å²) in [4.78, 5) is 16.6. The second kappa shape index (κ2) is 8.58. The maximum atomic E-state index is 12.2. The number of aryl methyl sites for hydroxylation is 1. The van der Waals surface area contributed by atoms with Gasteiger partial charge in [0.2, 0.25) is 5.91 Å². The lowest BCUT2D eigenvalue weighted by atomic mass is 10.1. The Balaban J connectivity index is 1.57. The molecule has 3 rings (SSSR count). The number of thioether (sulfide) groups is 1. The number of benzene rings is 2. The summed E-state index contributed by atoms with van der Waals surface area (Å²) in [6.07, 6.45) is 3.69. The lowest BCUT2D eigenvalue weighted by molar-refractivity contribution is -0.113. The van der Waals surface area contributed by atoms with Crippen LogP contribution in [0.25, 0.3) is 0 Å². The van der Waals surface area contributed by atoms with Crippen LogP contribution in [0, 0.1) is 6.92 Å². The summed E-state index contributed by atoms with van der Waals surface area (Å²) in [5.74, 6) is 0.930. The van der Waals surface area contributed by atoms with Gasteiger partial charge in [0.05, 0.1) is 12.9 Å². The summed E-state index contributed by atoms with van der Waals surface area (Å²) < 4.78 is 7.21. The number of anilines is 1. The number of methoxy groups -OCH3 is 1. The van der Waals surface area contributed by atoms with Crippen molar-refractivity contribution in [3.63, 3.8) is 0 Å². The molecule has 0 saturated heterocycles. The topological polar surface area (TPSA) is 56.1 Å². The van der Waals surface area contributed by atoms with Crippen molar-refractivity contribution >= 4 is 23.4 Å². The molecule has 1 amide bonds. The highest BCUT2D eigenvalue weighted by Crippen LogP contribution is 2.20. The highest BCUT2D eigenvalue weighted by Gasteiger charge is 2.09. The molecule has 134 valence electrons. The van der Waals surface area contributed by atoms with Gasteiger partial charge in [0.25, 0.3) is 0 Å². The third-order valence-electron chi connectivity index (χ3n) is 3.84. The largest absolute Gasteiger partial charge is 0.497 e. The fraction of sp³-hybridized carbons (Fsp3) is 0.200. The van der Waals surface area contributed by atoms with Gasteiger partial charge in [-0.15, -0.1) is 0 Å². The number of rotatable bonds is 7. The van der Waals surface area contributed by atoms with Crippen LogP contribution in [0.3, 0.4) is 0 Å². The lowest BCUT2D eigenvalue weighted by Crippen LogP contribution is -2.14. The zero-order chi connectivity index (χ0) is 18.4. The first kappa shape index (κ1) is 18.1. The standard InChI is InChI=1S/C20H21N3O2S/c1-15-6-8-16(9-7-15)13-23-11-10-21-20(23)26-14-19(24)22-17-4-3-5-18(12-17)25-2/h3-12H,13-14H2,1-2H3,(H,22,24). The van der Waals surface area contributed by atoms with Crippen molar-refractivity contribution in [2.75, 3.05) is 18.2 Å². The number of nitrogens with zero attached hydrogens (tertiary/aromatic N) is 2. The van der Waals surface area contributed by atoms with E-state index < -0.39 is 0 Å². The van der Waals surface area contributed by atoms with Crippen LogP contribution >= 0.6 is 11.8 Å². The van der Waals surface area contributed by atoms with Crippen molar-refractivity contribution in [1.29, 1.82) is 0 Å². The molecule has 0 unspecified atom stereocenters. The Morgan fingerprint density at radius 2 is 2.04 bits per heavy atom. The summed E-state index contributed by atoms with van der Waals surface area (Å²) in [7, 11) is 1.60. The molecule has 0 aliphatic carbocycles. The molecule has 3 aromatic rings. The lowest BCUT2D eigenvalue weighted by Gasteiger charge is -2.09. The zero-order valence-electron chi connectivity index (χ0n) is 14.8. The fourth-order valence-corrected chi connectivity index (χ4v) is 3.23. The van der Waals surface area contributed by atoms with E-state index in [0.717, 1.165) is 17.4 Å². The molecule has 0 radical (unpaired) electrons. The second-order valence-electron chi connectivity index (χ2n) is 5.89. The Morgan fingerprint density at radius 3 is 2.81 bits per heavy atom. The van der Waals surface area contributed by atoms with E-state index in [-0.39, 0.29) is 5.91 Å². The van der Waals surface area contributed by atoms with Gasteiger partial charge in [0, 0.05) is 30.7 Å². The summed E-state index contributed by atoms with van der Waals surface area (Å²) in [5, 5.41) is 3.70. The third-order valence-corrected chi connectivity index (χ3v) is 4.84. The highest BCUT2D eigenvalue weighted by atomic mass is 32.2. The number of nitrogens with one attached hydrogen (secondary N) is 1. The van der Waals surface area contributed by atoms with Crippen molar-refractivity contribution in [3.8, 4) is 5.75 Å². The average Bonchev–Trinajstić information content (AvgIpc) is 3.09. The molecule has 5 nitrogen and oxygen atoms in total. The first-order valence-corrected chi connectivity index (χ1v) is 9.26. The molecule has 2 aromatic carbocycles. The summed E-state index contributed by atoms with van der Waals surface area (Å²) in [6, 6.07) is 15.7. The van der Waals surface area contributed by atoms with E-state index in [2.05, 4.69) is 41.5 Å². The summed E-state index contributed by atoms with van der Waals surface area (Å²) in [6.45, 7) is 2.81. The zero-order valence-corrected chi connectivity index (χ0v) is 15.6. The molecular formula is C20H21N3O2S. The first-order valence-electron chi connectivity index (χ1n) is 8.27. The predicted molar refractivity (Wildman–Crippen MR) is 105 cm³/mol. The van der Waals surface area contributed by atoms with Crippen LogP contribution in [0.15, 0.2) is 66.1 Å². The van der Waals surface area contributed by atoms with Crippen LogP contribution in [0.1, 0.15) is 11.1 Å². The molecular weight excluding hydrogens is 346 g/mol. The van der Waals surface area contributed by atoms with Crippen LogP contribution in [-0.2, 0) is 11.3 Å². The summed E-state index contributed by atoms with van der Waals surface area (Å²) >= 11 is 1.42. The Kier molecular flexibility index (Phi) is 5.96. The number of aromatic nitrogens is 2. The minimum Gasteiger partial charge on any atom is -0.497 e. The molecule has 0 aliphatic rings. The molecule has 0 fully saturated rings. The van der Waals surface area contributed by atoms with Crippen molar-refractivity contribution < 1.29 is 9.53 Å². The van der Waals surface area contributed by atoms with Gasteiger partial charge in [-0.25, -0.2) is 4.98 Å². The van der Waals surface area contributed by atoms with Gasteiger partial charge in [-0.2, -0.15) is 0 Å². The molecule has 0 saturated carbocycles. The van der Waals surface area contributed by atoms with E-state index in [1.54, 1.807) is 19.4 Å². The van der Waals surface area contributed by atoms with Crippen LogP contribution < -0.4 is 10.1 Å². The number of imidazole rings is 1. The van der Waals surface area contributed by atoms with Gasteiger partial charge >= 0.3 is 0 Å². The third kappa shape index (κ3) is 4.89. The molecule has 6 heteroatoms. The number of carbonyl (C=O) groups is 1. The SMILES string of the molecule is COc1cccc(NC(=O)CSc2nccn2Cc2ccc(C)cc2)c1. The Bertz CT molecular complexity index is 875. The van der Waals surface area contributed by atoms with E-state index in [0.29, 0.717) is 11.5 Å². The second-order valence-corrected chi connectivity index (χ2v) is 6.83. The number of carbonyl (C=O) groups excluding carboxylic acids is 1. The molecule has 1 aromatic heterocycles. The molecule has 0 atom stereocenters. The van der Waals surface area contributed by atoms with Crippen molar-refractivity contribution in [3.05, 3.63) is 72.1 Å². The number of hydrogen-bond donors (Lipinski definition) is 1. The minimum absolute atomic E-state index is 0.0758. The van der Waals surface area contributed by atoms with Crippen LogP contribution in [0.4, 0.5) is 5.69 Å². The summed E-state index contributed by atoms with van der Waals surface area (Å²) in [5.41, 5.74) is 3.16. The van der Waals surface area contributed by atoms with E-state index in [1.165, 1.54) is 22.9 Å². The van der Waals surface area contributed by atoms with Crippen molar-refractivity contribution in [2.45, 2.75) is 18.6 Å². The maximum absolute atomic E-state index is 12.2. The van der Waals surface area contributed by atoms with Gasteiger partial charge in [-0.3, -0.25) is 4.79 Å². The Morgan fingerprint density at radius 1 is 1.23 bits per heavy atom. The molecule has 1 heterocycles. The average molecular weight is 367 g/mol. The Labute approximate surface area is 157 Å². The molecule has 1 N–H and O–H groups in total. The molecule has 0 bridgehead atoms. The fourth-order valence-electron chi connectivity index (χ4n) is 2.47. The van der Waals surface area contributed by atoms with E-state index >= 15 is 0 Å². The smallest absolute Gasteiger partial charge is 0.234 e. The van der Waals surface area contributed by atoms with Gasteiger partial charge in [0.15, 0.2) is 5.16 Å². The normalized spacial score (nSPS) is 10.5. The molecule has 26 heavy (non-hydrogen) atoms. The highest BCUT2D eigenvalue weighted by molar-refractivity contribution is 7.99. The number of ether oxygens (including phenoxy) is 1. The van der Waals surface area contributed by atoms with Crippen molar-refractivity contribution in [2.24, 2.45) is 0 Å². The van der Waals surface area contributed by atoms with E-state index in [4.69, 9.17) is 4.74 Å². The minimum atomic E-state index is -0.0758. The predicted octanol–water partition coefficient (Wildman–Crippen LogP) is 3.98. The van der Waals surface area contributed by atoms with Crippen LogP contribution in [0.5, 0.6) is 5.75 Å². The van der Waals surface area contributed by atoms with E-state index in [9.17, 15) is 4.79 Å². The van der Waals surface area contributed by atoms with E-state index in [1.807, 2.05) is 29.0 Å². The van der Waals surface area contributed by atoms with Crippen molar-refractivity contribution in [1.82, 2.24) is 9.55 Å². The quantitative estimate of drug-likeness (QED) is 0.642. The number of amides is 1. The first-order chi connectivity index (χ1) is 12.6.